The first-order valence-corrected chi connectivity index (χ1v) is 12.2. The highest BCUT2D eigenvalue weighted by Crippen LogP contribution is 2.03. The van der Waals surface area contributed by atoms with Crippen molar-refractivity contribution in [1.82, 2.24) is 16.0 Å². The summed E-state index contributed by atoms with van der Waals surface area (Å²) in [5.41, 5.74) is 0. The predicted octanol–water partition coefficient (Wildman–Crippen LogP) is -1.52. The summed E-state index contributed by atoms with van der Waals surface area (Å²) in [6, 6.07) is -2.67. The lowest BCUT2D eigenvalue weighted by atomic mass is 10.1. The molecule has 15 heteroatoms. The van der Waals surface area contributed by atoms with Gasteiger partial charge in [-0.3, -0.25) is 14.4 Å². The van der Waals surface area contributed by atoms with Crippen LogP contribution in [0.1, 0.15) is 39.5 Å². The molecular formula is C23H39N3O12. The zero-order valence-corrected chi connectivity index (χ0v) is 21.8. The second kappa shape index (κ2) is 21.9. The molecule has 0 saturated carbocycles. The molecule has 5 N–H and O–H groups in total. The molecule has 0 spiro atoms. The number of ketones is 1. The molecule has 0 aromatic rings. The van der Waals surface area contributed by atoms with Gasteiger partial charge in [0.15, 0.2) is 0 Å². The van der Waals surface area contributed by atoms with Crippen LogP contribution in [0.15, 0.2) is 0 Å². The Morgan fingerprint density at radius 2 is 1.16 bits per heavy atom. The van der Waals surface area contributed by atoms with Crippen molar-refractivity contribution in [2.75, 3.05) is 59.4 Å². The molecule has 0 aliphatic heterocycles. The van der Waals surface area contributed by atoms with E-state index in [1.54, 1.807) is 0 Å². The summed E-state index contributed by atoms with van der Waals surface area (Å²) in [5.74, 6) is -4.65. The minimum absolute atomic E-state index is 0.0299. The third-order valence-corrected chi connectivity index (χ3v) is 4.69. The molecule has 218 valence electrons. The van der Waals surface area contributed by atoms with Gasteiger partial charge in [0.05, 0.1) is 33.0 Å². The van der Waals surface area contributed by atoms with E-state index in [1.807, 2.05) is 6.92 Å². The maximum absolute atomic E-state index is 12.0. The topological polar surface area (TPSA) is 216 Å². The Hall–Kier alpha value is -3.14. The van der Waals surface area contributed by atoms with Crippen LogP contribution in [0, 0.1) is 0 Å². The van der Waals surface area contributed by atoms with E-state index in [1.165, 1.54) is 6.92 Å². The third kappa shape index (κ3) is 20.0. The quantitative estimate of drug-likeness (QED) is 0.0867. The molecule has 0 aromatic carbocycles. The summed E-state index contributed by atoms with van der Waals surface area (Å²) >= 11 is 0. The molecule has 0 aliphatic rings. The SMILES string of the molecule is CCOCCOCC(=O)NCCOCCOCC(=O)N[C@@H](CCC(=O)N[C@@H](CCC(C)=O)C(=O)O)C(=O)O. The van der Waals surface area contributed by atoms with Crippen LogP contribution in [0.2, 0.25) is 0 Å². The number of hydrogen-bond acceptors (Lipinski definition) is 10. The number of aliphatic carboxylic acids is 2. The first-order valence-electron chi connectivity index (χ1n) is 12.2. The van der Waals surface area contributed by atoms with Crippen LogP contribution >= 0.6 is 0 Å². The molecule has 15 nitrogen and oxygen atoms in total. The van der Waals surface area contributed by atoms with Crippen molar-refractivity contribution in [3.8, 4) is 0 Å². The third-order valence-electron chi connectivity index (χ3n) is 4.69. The zero-order chi connectivity index (χ0) is 28.8. The van der Waals surface area contributed by atoms with E-state index in [0.717, 1.165) is 0 Å². The van der Waals surface area contributed by atoms with Gasteiger partial charge in [0, 0.05) is 26.0 Å². The Bertz CT molecular complexity index is 762. The van der Waals surface area contributed by atoms with Crippen molar-refractivity contribution in [2.45, 2.75) is 51.6 Å². The van der Waals surface area contributed by atoms with Crippen LogP contribution in [0.4, 0.5) is 0 Å². The van der Waals surface area contributed by atoms with E-state index in [4.69, 9.17) is 24.1 Å². The first-order chi connectivity index (χ1) is 18.1. The first kappa shape index (κ1) is 34.9. The largest absolute Gasteiger partial charge is 0.480 e. The van der Waals surface area contributed by atoms with E-state index < -0.39 is 42.4 Å². The number of hydrogen-bond donors (Lipinski definition) is 5. The lowest BCUT2D eigenvalue weighted by molar-refractivity contribution is -0.144. The Morgan fingerprint density at radius 1 is 0.658 bits per heavy atom. The predicted molar refractivity (Wildman–Crippen MR) is 130 cm³/mol. The van der Waals surface area contributed by atoms with Gasteiger partial charge in [-0.15, -0.1) is 0 Å². The number of Topliss-reactive ketones (excluding diaryl/α,β-unsaturated/α-hetero) is 1. The normalized spacial score (nSPS) is 12.3. The molecule has 3 amide bonds. The molecule has 0 heterocycles. The number of nitrogens with one attached hydrogen (secondary N) is 3. The second-order valence-corrected chi connectivity index (χ2v) is 7.96. The average molecular weight is 550 g/mol. The number of carboxylic acid groups (broad SMARTS) is 2. The van der Waals surface area contributed by atoms with Crippen LogP contribution < -0.4 is 16.0 Å². The van der Waals surface area contributed by atoms with Gasteiger partial charge in [-0.05, 0) is 26.7 Å². The summed E-state index contributed by atoms with van der Waals surface area (Å²) in [6.45, 7) is 4.57. The van der Waals surface area contributed by atoms with Crippen LogP contribution in [0.3, 0.4) is 0 Å². The van der Waals surface area contributed by atoms with Gasteiger partial charge in [-0.1, -0.05) is 0 Å². The number of ether oxygens (including phenoxy) is 4. The Kier molecular flexibility index (Phi) is 20.1. The fourth-order valence-corrected chi connectivity index (χ4v) is 2.77. The van der Waals surface area contributed by atoms with Gasteiger partial charge < -0.3 is 49.9 Å². The van der Waals surface area contributed by atoms with E-state index in [-0.39, 0.29) is 70.3 Å². The molecule has 0 aromatic heterocycles. The highest BCUT2D eigenvalue weighted by Gasteiger charge is 2.24. The van der Waals surface area contributed by atoms with Gasteiger partial charge >= 0.3 is 11.9 Å². The molecule has 0 unspecified atom stereocenters. The number of rotatable bonds is 24. The van der Waals surface area contributed by atoms with E-state index in [0.29, 0.717) is 19.8 Å². The lowest BCUT2D eigenvalue weighted by Gasteiger charge is -2.16. The number of carboxylic acids is 2. The van der Waals surface area contributed by atoms with Crippen molar-refractivity contribution >= 4 is 35.4 Å². The number of carbonyl (C=O) groups is 6. The fraction of sp³-hybridized carbons (Fsp3) is 0.739. The second-order valence-electron chi connectivity index (χ2n) is 7.96. The zero-order valence-electron chi connectivity index (χ0n) is 21.8. The van der Waals surface area contributed by atoms with Gasteiger partial charge in [-0.25, -0.2) is 9.59 Å². The highest BCUT2D eigenvalue weighted by molar-refractivity contribution is 5.86. The van der Waals surface area contributed by atoms with Gasteiger partial charge in [0.2, 0.25) is 17.7 Å². The Balaban J connectivity index is 4.05. The molecule has 0 radical (unpaired) electrons. The molecule has 0 bridgehead atoms. The van der Waals surface area contributed by atoms with Crippen LogP contribution in [0.25, 0.3) is 0 Å². The standard InChI is InChI=1S/C23H39N3O12/c1-3-35-10-12-37-14-20(29)24-8-9-36-11-13-38-15-21(30)26-18(23(33)34)6-7-19(28)25-17(22(31)32)5-4-16(2)27/h17-18H,3-15H2,1-2H3,(H,24,29)(H,25,28)(H,26,30)(H,31,32)(H,33,34)/t17-,18-/m0/s1. The Morgan fingerprint density at radius 3 is 1.71 bits per heavy atom. The Labute approximate surface area is 220 Å². The molecular weight excluding hydrogens is 510 g/mol. The summed E-state index contributed by atoms with van der Waals surface area (Å²) in [4.78, 5) is 69.1. The van der Waals surface area contributed by atoms with Gasteiger partial charge in [-0.2, -0.15) is 0 Å². The number of carbonyl (C=O) groups excluding carboxylic acids is 4. The minimum atomic E-state index is -1.39. The molecule has 0 fully saturated rings. The van der Waals surface area contributed by atoms with Gasteiger partial charge in [0.25, 0.3) is 0 Å². The van der Waals surface area contributed by atoms with E-state index >= 15 is 0 Å². The van der Waals surface area contributed by atoms with Crippen LogP contribution in [0.5, 0.6) is 0 Å². The van der Waals surface area contributed by atoms with Crippen LogP contribution in [-0.2, 0) is 47.7 Å². The van der Waals surface area contributed by atoms with E-state index in [9.17, 15) is 33.9 Å². The maximum atomic E-state index is 12.0. The van der Waals surface area contributed by atoms with Crippen LogP contribution in [-0.4, -0.2) is 117 Å². The summed E-state index contributed by atoms with van der Waals surface area (Å²) in [6.07, 6.45) is -0.753. The van der Waals surface area contributed by atoms with Gasteiger partial charge in [0.1, 0.15) is 31.1 Å². The van der Waals surface area contributed by atoms with Crippen molar-refractivity contribution in [3.63, 3.8) is 0 Å². The highest BCUT2D eigenvalue weighted by atomic mass is 16.5. The summed E-state index contributed by atoms with van der Waals surface area (Å²) < 4.78 is 20.6. The molecule has 38 heavy (non-hydrogen) atoms. The van der Waals surface area contributed by atoms with Crippen molar-refractivity contribution in [1.29, 1.82) is 0 Å². The van der Waals surface area contributed by atoms with Crippen molar-refractivity contribution < 1.29 is 57.9 Å². The molecule has 0 rings (SSSR count). The number of amides is 3. The average Bonchev–Trinajstić information content (AvgIpc) is 2.85. The fourth-order valence-electron chi connectivity index (χ4n) is 2.77. The minimum Gasteiger partial charge on any atom is -0.480 e. The monoisotopic (exact) mass is 549 g/mol. The van der Waals surface area contributed by atoms with Crippen molar-refractivity contribution in [3.05, 3.63) is 0 Å². The summed E-state index contributed by atoms with van der Waals surface area (Å²) in [7, 11) is 0. The molecule has 2 atom stereocenters. The molecule has 0 saturated heterocycles. The summed E-state index contributed by atoms with van der Waals surface area (Å²) in [5, 5.41) is 25.5. The smallest absolute Gasteiger partial charge is 0.326 e. The maximum Gasteiger partial charge on any atom is 0.326 e. The van der Waals surface area contributed by atoms with Crippen molar-refractivity contribution in [2.24, 2.45) is 0 Å². The van der Waals surface area contributed by atoms with E-state index in [2.05, 4.69) is 16.0 Å². The lowest BCUT2D eigenvalue weighted by Crippen LogP contribution is -2.45. The molecule has 0 aliphatic carbocycles.